The maximum absolute atomic E-state index is 12.3. The average Bonchev–Trinajstić information content (AvgIpc) is 2.93. The molecular weight excluding hydrogens is 237 g/mol. The van der Waals surface area contributed by atoms with Crippen molar-refractivity contribution in [3.8, 4) is 0 Å². The first-order valence-corrected chi connectivity index (χ1v) is 5.45. The minimum Gasteiger partial charge on any atom is -0.480 e. The van der Waals surface area contributed by atoms with Gasteiger partial charge in [-0.25, -0.2) is 0 Å². The summed E-state index contributed by atoms with van der Waals surface area (Å²) in [6.45, 7) is 0.380. The Balaban J connectivity index is 2.48. The topological polar surface area (TPSA) is 66.6 Å². The minimum atomic E-state index is -4.25. The molecule has 0 spiro atoms. The molecule has 0 aromatic heterocycles. The fourth-order valence-corrected chi connectivity index (χ4v) is 1.54. The lowest BCUT2D eigenvalue weighted by molar-refractivity contribution is -0.149. The zero-order valence-corrected chi connectivity index (χ0v) is 9.63. The largest absolute Gasteiger partial charge is 0.480 e. The monoisotopic (exact) mass is 254 g/mol. The molecule has 1 rings (SSSR count). The van der Waals surface area contributed by atoms with Crippen molar-refractivity contribution in [2.24, 2.45) is 5.73 Å². The van der Waals surface area contributed by atoms with Gasteiger partial charge in [0.2, 0.25) is 0 Å². The molecule has 0 aliphatic heterocycles. The second-order valence-electron chi connectivity index (χ2n) is 4.79. The van der Waals surface area contributed by atoms with Crippen LogP contribution < -0.4 is 5.73 Å². The molecule has 0 saturated heterocycles. The Morgan fingerprint density at radius 3 is 2.35 bits per heavy atom. The van der Waals surface area contributed by atoms with E-state index in [-0.39, 0.29) is 19.0 Å². The van der Waals surface area contributed by atoms with Crippen LogP contribution in [0.1, 0.15) is 26.2 Å². The molecule has 0 amide bonds. The Labute approximate surface area is 97.6 Å². The van der Waals surface area contributed by atoms with Gasteiger partial charge in [-0.05, 0) is 26.2 Å². The molecule has 1 unspecified atom stereocenters. The van der Waals surface area contributed by atoms with E-state index in [0.29, 0.717) is 0 Å². The molecule has 1 aliphatic rings. The Hall–Kier alpha value is -0.820. The normalized spacial score (nSPS) is 20.4. The van der Waals surface area contributed by atoms with E-state index in [1.807, 2.05) is 0 Å². The third-order valence-electron chi connectivity index (χ3n) is 2.85. The Morgan fingerprint density at radius 1 is 1.47 bits per heavy atom. The highest BCUT2D eigenvalue weighted by Crippen LogP contribution is 2.30. The summed E-state index contributed by atoms with van der Waals surface area (Å²) in [5, 5.41) is 8.78. The first-order chi connectivity index (χ1) is 7.62. The number of carboxylic acid groups (broad SMARTS) is 1. The quantitative estimate of drug-likeness (QED) is 0.747. The standard InChI is InChI=1S/C10H17F3N2O2/c1-9(14,8(16)17)4-5-15(7-2-3-7)6-10(11,12)13/h7H,2-6,14H2,1H3,(H,16,17). The number of carbonyl (C=O) groups is 1. The average molecular weight is 254 g/mol. The molecule has 1 aliphatic carbocycles. The highest BCUT2D eigenvalue weighted by Gasteiger charge is 2.39. The second-order valence-corrected chi connectivity index (χ2v) is 4.79. The molecule has 4 nitrogen and oxygen atoms in total. The molecule has 0 heterocycles. The van der Waals surface area contributed by atoms with E-state index < -0.39 is 24.2 Å². The summed E-state index contributed by atoms with van der Waals surface area (Å²) in [5.41, 5.74) is 4.01. The number of aliphatic carboxylic acids is 1. The van der Waals surface area contributed by atoms with E-state index in [4.69, 9.17) is 10.8 Å². The van der Waals surface area contributed by atoms with Crippen LogP contribution >= 0.6 is 0 Å². The fraction of sp³-hybridized carbons (Fsp3) is 0.900. The maximum Gasteiger partial charge on any atom is 0.401 e. The van der Waals surface area contributed by atoms with Crippen LogP contribution in [-0.4, -0.2) is 46.8 Å². The van der Waals surface area contributed by atoms with Crippen molar-refractivity contribution in [3.63, 3.8) is 0 Å². The van der Waals surface area contributed by atoms with Gasteiger partial charge in [0.1, 0.15) is 5.54 Å². The summed E-state index contributed by atoms with van der Waals surface area (Å²) in [6, 6.07) is -0.0683. The lowest BCUT2D eigenvalue weighted by Gasteiger charge is -2.27. The van der Waals surface area contributed by atoms with Crippen LogP contribution in [0.5, 0.6) is 0 Å². The van der Waals surface area contributed by atoms with Gasteiger partial charge in [0.15, 0.2) is 0 Å². The van der Waals surface area contributed by atoms with Gasteiger partial charge in [-0.2, -0.15) is 13.2 Å². The highest BCUT2D eigenvalue weighted by atomic mass is 19.4. The highest BCUT2D eigenvalue weighted by molar-refractivity contribution is 5.77. The number of halogens is 3. The summed E-state index contributed by atoms with van der Waals surface area (Å²) < 4.78 is 36.8. The van der Waals surface area contributed by atoms with Crippen molar-refractivity contribution in [3.05, 3.63) is 0 Å². The summed E-state index contributed by atoms with van der Waals surface area (Å²) in [6.07, 6.45) is -2.76. The fourth-order valence-electron chi connectivity index (χ4n) is 1.54. The van der Waals surface area contributed by atoms with Crippen molar-refractivity contribution in [2.75, 3.05) is 13.1 Å². The Kier molecular flexibility index (Phi) is 4.03. The number of nitrogens with two attached hydrogens (primary N) is 1. The van der Waals surface area contributed by atoms with Gasteiger partial charge in [-0.15, -0.1) is 0 Å². The van der Waals surface area contributed by atoms with Crippen molar-refractivity contribution in [1.82, 2.24) is 4.90 Å². The van der Waals surface area contributed by atoms with Crippen LogP contribution in [0.15, 0.2) is 0 Å². The summed E-state index contributed by atoms with van der Waals surface area (Å²) in [7, 11) is 0. The van der Waals surface area contributed by atoms with Gasteiger partial charge in [0.05, 0.1) is 6.54 Å². The molecule has 17 heavy (non-hydrogen) atoms. The minimum absolute atomic E-state index is 0.00884. The number of alkyl halides is 3. The number of rotatable bonds is 6. The van der Waals surface area contributed by atoms with E-state index in [9.17, 15) is 18.0 Å². The molecule has 100 valence electrons. The van der Waals surface area contributed by atoms with Crippen LogP contribution in [0, 0.1) is 0 Å². The smallest absolute Gasteiger partial charge is 0.401 e. The molecule has 0 bridgehead atoms. The molecule has 0 aromatic carbocycles. The van der Waals surface area contributed by atoms with Gasteiger partial charge in [-0.1, -0.05) is 0 Å². The summed E-state index contributed by atoms with van der Waals surface area (Å²) >= 11 is 0. The molecule has 7 heteroatoms. The summed E-state index contributed by atoms with van der Waals surface area (Å²) in [5.74, 6) is -1.19. The van der Waals surface area contributed by atoms with Crippen LogP contribution in [0.3, 0.4) is 0 Å². The van der Waals surface area contributed by atoms with Gasteiger partial charge < -0.3 is 10.8 Å². The number of hydrogen-bond acceptors (Lipinski definition) is 3. The number of hydrogen-bond donors (Lipinski definition) is 2. The van der Waals surface area contributed by atoms with Crippen LogP contribution in [0.2, 0.25) is 0 Å². The first kappa shape index (κ1) is 14.2. The first-order valence-electron chi connectivity index (χ1n) is 5.45. The lowest BCUT2D eigenvalue weighted by atomic mass is 9.99. The van der Waals surface area contributed by atoms with E-state index in [0.717, 1.165) is 12.8 Å². The Bertz CT molecular complexity index is 288. The van der Waals surface area contributed by atoms with Crippen molar-refractivity contribution in [1.29, 1.82) is 0 Å². The van der Waals surface area contributed by atoms with E-state index in [1.165, 1.54) is 11.8 Å². The van der Waals surface area contributed by atoms with Crippen molar-refractivity contribution >= 4 is 5.97 Å². The third-order valence-corrected chi connectivity index (χ3v) is 2.85. The van der Waals surface area contributed by atoms with E-state index in [2.05, 4.69) is 0 Å². The Morgan fingerprint density at radius 2 is 2.00 bits per heavy atom. The van der Waals surface area contributed by atoms with Crippen LogP contribution in [0.25, 0.3) is 0 Å². The molecule has 0 aromatic rings. The molecular formula is C10H17F3N2O2. The maximum atomic E-state index is 12.3. The third kappa shape index (κ3) is 4.91. The predicted molar refractivity (Wildman–Crippen MR) is 55.5 cm³/mol. The van der Waals surface area contributed by atoms with Gasteiger partial charge >= 0.3 is 12.1 Å². The van der Waals surface area contributed by atoms with Crippen LogP contribution in [0.4, 0.5) is 13.2 Å². The molecule has 3 N–H and O–H groups in total. The van der Waals surface area contributed by atoms with E-state index >= 15 is 0 Å². The van der Waals surface area contributed by atoms with Crippen LogP contribution in [-0.2, 0) is 4.79 Å². The molecule has 0 radical (unpaired) electrons. The predicted octanol–water partition coefficient (Wildman–Crippen LogP) is 1.21. The van der Waals surface area contributed by atoms with Gasteiger partial charge in [0.25, 0.3) is 0 Å². The van der Waals surface area contributed by atoms with Crippen molar-refractivity contribution in [2.45, 2.75) is 43.9 Å². The van der Waals surface area contributed by atoms with Gasteiger partial charge in [-0.3, -0.25) is 9.69 Å². The zero-order valence-electron chi connectivity index (χ0n) is 9.63. The van der Waals surface area contributed by atoms with E-state index in [1.54, 1.807) is 0 Å². The SMILES string of the molecule is CC(N)(CCN(CC(F)(F)F)C1CC1)C(=O)O. The summed E-state index contributed by atoms with van der Waals surface area (Å²) in [4.78, 5) is 12.0. The number of carboxylic acids is 1. The van der Waals surface area contributed by atoms with Gasteiger partial charge in [0, 0.05) is 12.6 Å². The van der Waals surface area contributed by atoms with Crippen molar-refractivity contribution < 1.29 is 23.1 Å². The molecule has 1 saturated carbocycles. The number of nitrogens with zero attached hydrogens (tertiary/aromatic N) is 1. The molecule has 1 atom stereocenters. The second kappa shape index (κ2) is 4.81. The molecule has 1 fully saturated rings. The lowest BCUT2D eigenvalue weighted by Crippen LogP contribution is -2.48. The zero-order chi connectivity index (χ0) is 13.3.